The largest absolute Gasteiger partial charge is 0.462 e. The summed E-state index contributed by atoms with van der Waals surface area (Å²) in [5.74, 6) is -0.0220. The molecule has 2 amide bonds. The van der Waals surface area contributed by atoms with Gasteiger partial charge in [0.2, 0.25) is 11.8 Å². The maximum atomic E-state index is 12.8. The number of unbranched alkanes of at least 4 members (excludes halogenated alkanes) is 1. The van der Waals surface area contributed by atoms with Crippen molar-refractivity contribution in [3.8, 4) is 0 Å². The number of rotatable bonds is 11. The number of fused-ring (bicyclic) bond motifs is 2. The van der Waals surface area contributed by atoms with Gasteiger partial charge in [0.25, 0.3) is 0 Å². The van der Waals surface area contributed by atoms with Crippen molar-refractivity contribution in [3.63, 3.8) is 0 Å². The molecule has 0 bridgehead atoms. The first-order chi connectivity index (χ1) is 19.2. The Kier molecular flexibility index (Phi) is 10.4. The lowest BCUT2D eigenvalue weighted by atomic mass is 9.88. The third-order valence-electron chi connectivity index (χ3n) is 7.55. The highest BCUT2D eigenvalue weighted by molar-refractivity contribution is 7.17. The number of esters is 2. The van der Waals surface area contributed by atoms with Crippen LogP contribution in [0, 0.1) is 11.8 Å². The molecule has 2 aliphatic rings. The quantitative estimate of drug-likeness (QED) is 0.228. The minimum Gasteiger partial charge on any atom is -0.462 e. The maximum absolute atomic E-state index is 12.8. The lowest BCUT2D eigenvalue weighted by Gasteiger charge is -2.18. The number of hydrogen-bond donors (Lipinski definition) is 2. The van der Waals surface area contributed by atoms with Crippen molar-refractivity contribution in [1.82, 2.24) is 0 Å². The molecule has 2 atom stereocenters. The van der Waals surface area contributed by atoms with E-state index in [1.165, 1.54) is 22.7 Å². The number of nitrogens with one attached hydrogen (secondary N) is 2. The molecule has 0 fully saturated rings. The predicted molar refractivity (Wildman–Crippen MR) is 159 cm³/mol. The molecule has 218 valence electrons. The summed E-state index contributed by atoms with van der Waals surface area (Å²) in [6, 6.07) is 0. The van der Waals surface area contributed by atoms with Crippen LogP contribution < -0.4 is 10.6 Å². The second-order valence-electron chi connectivity index (χ2n) is 10.9. The average molecular weight is 589 g/mol. The molecular weight excluding hydrogens is 548 g/mol. The van der Waals surface area contributed by atoms with Crippen LogP contribution in [0.5, 0.6) is 0 Å². The van der Waals surface area contributed by atoms with Crippen molar-refractivity contribution < 1.29 is 28.7 Å². The highest BCUT2D eigenvalue weighted by Gasteiger charge is 2.30. The van der Waals surface area contributed by atoms with E-state index >= 15 is 0 Å². The molecule has 2 heterocycles. The van der Waals surface area contributed by atoms with Gasteiger partial charge >= 0.3 is 11.9 Å². The summed E-state index contributed by atoms with van der Waals surface area (Å²) in [4.78, 5) is 53.2. The molecule has 10 heteroatoms. The number of anilines is 2. The highest BCUT2D eigenvalue weighted by Crippen LogP contribution is 2.41. The highest BCUT2D eigenvalue weighted by atomic mass is 32.1. The zero-order valence-electron chi connectivity index (χ0n) is 23.9. The summed E-state index contributed by atoms with van der Waals surface area (Å²) >= 11 is 2.96. The molecule has 8 nitrogen and oxygen atoms in total. The number of ether oxygens (including phenoxy) is 2. The molecule has 2 aliphatic carbocycles. The van der Waals surface area contributed by atoms with Crippen LogP contribution in [-0.2, 0) is 44.7 Å². The van der Waals surface area contributed by atoms with E-state index in [1.54, 1.807) is 13.8 Å². The van der Waals surface area contributed by atoms with Crippen molar-refractivity contribution in [3.05, 3.63) is 32.0 Å². The van der Waals surface area contributed by atoms with Gasteiger partial charge in [-0.1, -0.05) is 13.8 Å². The minimum absolute atomic E-state index is 0.178. The van der Waals surface area contributed by atoms with Gasteiger partial charge in [0, 0.05) is 22.6 Å². The average Bonchev–Trinajstić information content (AvgIpc) is 3.43. The monoisotopic (exact) mass is 588 g/mol. The number of thiophene rings is 2. The molecule has 0 aliphatic heterocycles. The van der Waals surface area contributed by atoms with Crippen LogP contribution in [0.4, 0.5) is 10.0 Å². The molecular formula is C30H40N2O6S2. The van der Waals surface area contributed by atoms with Gasteiger partial charge in [-0.2, -0.15) is 0 Å². The first-order valence-electron chi connectivity index (χ1n) is 14.4. The Bertz CT molecular complexity index is 1170. The number of amides is 2. The van der Waals surface area contributed by atoms with Crippen molar-refractivity contribution in [2.75, 3.05) is 23.8 Å². The summed E-state index contributed by atoms with van der Waals surface area (Å²) in [6.07, 6.45) is 7.01. The SMILES string of the molecule is CCOC(=O)c1c(NC(=O)CCCCC(=O)Nc2sc3c(c2C(=O)OCC)CCC(C)C3)sc2c1CCC(C)C2. The zero-order valence-corrected chi connectivity index (χ0v) is 25.5. The van der Waals surface area contributed by atoms with E-state index in [0.29, 0.717) is 45.8 Å². The van der Waals surface area contributed by atoms with E-state index < -0.39 is 0 Å². The molecule has 4 rings (SSSR count). The van der Waals surface area contributed by atoms with Gasteiger partial charge in [0.1, 0.15) is 10.0 Å². The van der Waals surface area contributed by atoms with Crippen LogP contribution >= 0.6 is 22.7 Å². The second-order valence-corrected chi connectivity index (χ2v) is 13.1. The van der Waals surface area contributed by atoms with Crippen molar-refractivity contribution >= 4 is 56.4 Å². The molecule has 0 spiro atoms. The van der Waals surface area contributed by atoms with Crippen LogP contribution in [0.1, 0.15) is 108 Å². The van der Waals surface area contributed by atoms with Crippen molar-refractivity contribution in [2.45, 2.75) is 91.9 Å². The van der Waals surface area contributed by atoms with Gasteiger partial charge in [-0.3, -0.25) is 9.59 Å². The number of hydrogen-bond acceptors (Lipinski definition) is 8. The third-order valence-corrected chi connectivity index (χ3v) is 9.89. The predicted octanol–water partition coefficient (Wildman–Crippen LogP) is 6.55. The van der Waals surface area contributed by atoms with Gasteiger partial charge in [0.15, 0.2) is 0 Å². The lowest BCUT2D eigenvalue weighted by molar-refractivity contribution is -0.118. The number of carbonyl (C=O) groups excluding carboxylic acids is 4. The fourth-order valence-electron chi connectivity index (χ4n) is 5.47. The Hall–Kier alpha value is -2.72. The summed E-state index contributed by atoms with van der Waals surface area (Å²) in [5.41, 5.74) is 3.04. The standard InChI is InChI=1S/C30H40N2O6S2/c1-5-37-29(35)25-19-13-11-17(3)15-21(19)39-27(25)31-23(33)9-7-8-10-24(34)32-28-26(30(36)38-6-2)20-14-12-18(4)16-22(20)40-28/h17-18H,5-16H2,1-4H3,(H,31,33)(H,32,34). The van der Waals surface area contributed by atoms with Gasteiger partial charge in [-0.05, 0) is 88.2 Å². The maximum Gasteiger partial charge on any atom is 0.341 e. The molecule has 40 heavy (non-hydrogen) atoms. The lowest BCUT2D eigenvalue weighted by Crippen LogP contribution is -2.17. The van der Waals surface area contributed by atoms with Gasteiger partial charge in [-0.15, -0.1) is 22.7 Å². The van der Waals surface area contributed by atoms with Crippen LogP contribution in [0.2, 0.25) is 0 Å². The van der Waals surface area contributed by atoms with Crippen LogP contribution in [-0.4, -0.2) is 37.0 Å². The van der Waals surface area contributed by atoms with Crippen molar-refractivity contribution in [2.24, 2.45) is 11.8 Å². The first kappa shape index (κ1) is 30.2. The van der Waals surface area contributed by atoms with Crippen molar-refractivity contribution in [1.29, 1.82) is 0 Å². The topological polar surface area (TPSA) is 111 Å². The first-order valence-corrected chi connectivity index (χ1v) is 16.1. The third kappa shape index (κ3) is 7.13. The molecule has 2 aromatic rings. The van der Waals surface area contributed by atoms with E-state index in [-0.39, 0.29) is 49.8 Å². The smallest absolute Gasteiger partial charge is 0.341 e. The molecule has 0 aromatic carbocycles. The Labute approximate surface area is 244 Å². The molecule has 2 unspecified atom stereocenters. The summed E-state index contributed by atoms with van der Waals surface area (Å²) < 4.78 is 10.6. The zero-order chi connectivity index (χ0) is 28.8. The molecule has 0 radical (unpaired) electrons. The molecule has 0 saturated carbocycles. The normalized spacial score (nSPS) is 17.9. The minimum atomic E-state index is -0.381. The molecule has 2 N–H and O–H groups in total. The second kappa shape index (κ2) is 13.8. The van der Waals surface area contributed by atoms with E-state index in [4.69, 9.17) is 9.47 Å². The Morgan fingerprint density at radius 1 is 0.725 bits per heavy atom. The van der Waals surface area contributed by atoms with E-state index in [0.717, 1.165) is 59.4 Å². The summed E-state index contributed by atoms with van der Waals surface area (Å²) in [6.45, 7) is 8.52. The summed E-state index contributed by atoms with van der Waals surface area (Å²) in [7, 11) is 0. The Balaban J connectivity index is 1.31. The van der Waals surface area contributed by atoms with Crippen LogP contribution in [0.15, 0.2) is 0 Å². The number of carbonyl (C=O) groups is 4. The van der Waals surface area contributed by atoms with E-state index in [2.05, 4.69) is 24.5 Å². The van der Waals surface area contributed by atoms with Gasteiger partial charge in [-0.25, -0.2) is 9.59 Å². The molecule has 2 aromatic heterocycles. The van der Waals surface area contributed by atoms with Crippen LogP contribution in [0.3, 0.4) is 0 Å². The fraction of sp³-hybridized carbons (Fsp3) is 0.600. The van der Waals surface area contributed by atoms with E-state index in [1.807, 2.05) is 0 Å². The van der Waals surface area contributed by atoms with Gasteiger partial charge in [0.05, 0.1) is 24.3 Å². The van der Waals surface area contributed by atoms with E-state index in [9.17, 15) is 19.2 Å². The Morgan fingerprint density at radius 2 is 1.12 bits per heavy atom. The summed E-state index contributed by atoms with van der Waals surface area (Å²) in [5, 5.41) is 7.03. The van der Waals surface area contributed by atoms with Gasteiger partial charge < -0.3 is 20.1 Å². The fourth-order valence-corrected chi connectivity index (χ4v) is 8.30. The van der Waals surface area contributed by atoms with Crippen LogP contribution in [0.25, 0.3) is 0 Å². The Morgan fingerprint density at radius 3 is 1.50 bits per heavy atom. The molecule has 0 saturated heterocycles.